The van der Waals surface area contributed by atoms with Gasteiger partial charge in [-0.15, -0.1) is 0 Å². The van der Waals surface area contributed by atoms with E-state index in [0.717, 1.165) is 37.2 Å². The van der Waals surface area contributed by atoms with Gasteiger partial charge in [0.1, 0.15) is 0 Å². The van der Waals surface area contributed by atoms with Crippen molar-refractivity contribution in [3.05, 3.63) is 29.8 Å². The first kappa shape index (κ1) is 16.5. The van der Waals surface area contributed by atoms with Gasteiger partial charge in [-0.2, -0.15) is 0 Å². The number of carbonyl (C=O) groups excluding carboxylic acids is 1. The maximum Gasteiger partial charge on any atom is 0.256 e. The highest BCUT2D eigenvalue weighted by atomic mass is 16.2. The Bertz CT molecular complexity index is 417. The van der Waals surface area contributed by atoms with Crippen molar-refractivity contribution in [2.24, 2.45) is 0 Å². The molecule has 2 aliphatic rings. The molecule has 0 spiro atoms. The van der Waals surface area contributed by atoms with Crippen molar-refractivity contribution in [2.75, 3.05) is 18.4 Å². The van der Waals surface area contributed by atoms with Gasteiger partial charge in [-0.3, -0.25) is 4.79 Å². The molecule has 3 rings (SSSR count). The van der Waals surface area contributed by atoms with E-state index in [1.807, 2.05) is 43.0 Å². The molecule has 1 fully saturated rings. The Labute approximate surface area is 123 Å². The number of fused-ring (bicyclic) bond motifs is 2. The zero-order chi connectivity index (χ0) is 15.0. The average molecular weight is 276 g/mol. The molecule has 1 aromatic carbocycles. The van der Waals surface area contributed by atoms with Crippen LogP contribution < -0.4 is 5.32 Å². The summed E-state index contributed by atoms with van der Waals surface area (Å²) in [6.45, 7) is 10.1. The van der Waals surface area contributed by atoms with E-state index in [2.05, 4.69) is 19.2 Å². The fourth-order valence-electron chi connectivity index (χ4n) is 2.52. The van der Waals surface area contributed by atoms with Crippen LogP contribution in [0.1, 0.15) is 57.3 Å². The van der Waals surface area contributed by atoms with E-state index in [1.165, 1.54) is 6.42 Å². The number of amides is 1. The Morgan fingerprint density at radius 1 is 1.25 bits per heavy atom. The molecule has 1 saturated heterocycles. The van der Waals surface area contributed by atoms with Crippen LogP contribution in [0.4, 0.5) is 5.69 Å². The van der Waals surface area contributed by atoms with Crippen LogP contribution in [-0.4, -0.2) is 29.9 Å². The minimum Gasteiger partial charge on any atom is -0.382 e. The number of hydrogen-bond donors (Lipinski definition) is 1. The van der Waals surface area contributed by atoms with Gasteiger partial charge in [-0.05, 0) is 25.0 Å². The molecule has 3 nitrogen and oxygen atoms in total. The van der Waals surface area contributed by atoms with E-state index < -0.39 is 0 Å². The number of para-hydroxylation sites is 1. The lowest BCUT2D eigenvalue weighted by molar-refractivity contribution is 0.0750. The monoisotopic (exact) mass is 276 g/mol. The van der Waals surface area contributed by atoms with Gasteiger partial charge in [0.25, 0.3) is 5.91 Å². The van der Waals surface area contributed by atoms with Crippen LogP contribution in [-0.2, 0) is 0 Å². The SMILES string of the molecule is CC.CCC.O=C1c2ccccc2NCC2CCCN12. The van der Waals surface area contributed by atoms with Crippen LogP contribution in [0.15, 0.2) is 24.3 Å². The molecule has 0 aliphatic carbocycles. The summed E-state index contributed by atoms with van der Waals surface area (Å²) in [5.74, 6) is 0.193. The first-order valence-electron chi connectivity index (χ1n) is 7.91. The number of nitrogens with zero attached hydrogens (tertiary/aromatic N) is 1. The number of hydrogen-bond acceptors (Lipinski definition) is 2. The van der Waals surface area contributed by atoms with E-state index in [1.54, 1.807) is 0 Å². The molecular formula is C17H28N2O. The van der Waals surface area contributed by atoms with Crippen molar-refractivity contribution in [1.29, 1.82) is 0 Å². The molecule has 1 atom stereocenters. The Morgan fingerprint density at radius 2 is 1.90 bits per heavy atom. The largest absolute Gasteiger partial charge is 0.382 e. The van der Waals surface area contributed by atoms with E-state index in [-0.39, 0.29) is 5.91 Å². The second-order valence-electron chi connectivity index (χ2n) is 4.93. The number of benzene rings is 1. The second-order valence-corrected chi connectivity index (χ2v) is 4.93. The molecule has 2 heterocycles. The van der Waals surface area contributed by atoms with E-state index >= 15 is 0 Å². The standard InChI is InChI=1S/C12H14N2O.C3H8.C2H6/c15-12-10-5-1-2-6-11(10)13-8-9-4-3-7-14(9)12;1-3-2;1-2/h1-2,5-6,9,13H,3-4,7-8H2;3H2,1-2H3;1-2H3. The van der Waals surface area contributed by atoms with Crippen molar-refractivity contribution in [1.82, 2.24) is 4.90 Å². The molecule has 1 amide bonds. The summed E-state index contributed by atoms with van der Waals surface area (Å²) in [7, 11) is 0. The number of carbonyl (C=O) groups is 1. The third-order valence-electron chi connectivity index (χ3n) is 3.32. The minimum atomic E-state index is 0.193. The van der Waals surface area contributed by atoms with Crippen LogP contribution in [0.3, 0.4) is 0 Å². The molecule has 112 valence electrons. The Morgan fingerprint density at radius 3 is 2.60 bits per heavy atom. The summed E-state index contributed by atoms with van der Waals surface area (Å²) in [5, 5.41) is 3.36. The Kier molecular flexibility index (Phi) is 7.13. The van der Waals surface area contributed by atoms with Crippen molar-refractivity contribution >= 4 is 11.6 Å². The smallest absolute Gasteiger partial charge is 0.256 e. The zero-order valence-electron chi connectivity index (χ0n) is 13.3. The maximum absolute atomic E-state index is 12.2. The van der Waals surface area contributed by atoms with E-state index in [4.69, 9.17) is 0 Å². The molecule has 2 aliphatic heterocycles. The zero-order valence-corrected chi connectivity index (χ0v) is 13.3. The molecule has 0 radical (unpaired) electrons. The molecule has 1 aromatic rings. The van der Waals surface area contributed by atoms with Crippen LogP contribution >= 0.6 is 0 Å². The molecule has 0 saturated carbocycles. The highest BCUT2D eigenvalue weighted by molar-refractivity contribution is 6.00. The predicted molar refractivity (Wildman–Crippen MR) is 86.3 cm³/mol. The first-order chi connectivity index (χ1) is 9.77. The van der Waals surface area contributed by atoms with Crippen LogP contribution in [0.5, 0.6) is 0 Å². The normalized spacial score (nSPS) is 19.3. The second kappa shape index (κ2) is 8.62. The molecule has 1 N–H and O–H groups in total. The van der Waals surface area contributed by atoms with Crippen molar-refractivity contribution in [2.45, 2.75) is 53.0 Å². The summed E-state index contributed by atoms with van der Waals surface area (Å²) >= 11 is 0. The molecule has 3 heteroatoms. The topological polar surface area (TPSA) is 32.3 Å². The summed E-state index contributed by atoms with van der Waals surface area (Å²) in [6.07, 6.45) is 3.52. The Balaban J connectivity index is 0.000000357. The number of anilines is 1. The van der Waals surface area contributed by atoms with Gasteiger partial charge < -0.3 is 10.2 Å². The summed E-state index contributed by atoms with van der Waals surface area (Å²) in [6, 6.07) is 8.18. The predicted octanol–water partition coefficient (Wildman–Crippen LogP) is 4.16. The van der Waals surface area contributed by atoms with Crippen molar-refractivity contribution in [3.63, 3.8) is 0 Å². The summed E-state index contributed by atoms with van der Waals surface area (Å²) in [5.41, 5.74) is 1.80. The lowest BCUT2D eigenvalue weighted by atomic mass is 10.1. The van der Waals surface area contributed by atoms with Crippen molar-refractivity contribution < 1.29 is 4.79 Å². The third kappa shape index (κ3) is 3.75. The van der Waals surface area contributed by atoms with Gasteiger partial charge in [-0.1, -0.05) is 46.2 Å². The molecule has 20 heavy (non-hydrogen) atoms. The lowest BCUT2D eigenvalue weighted by Gasteiger charge is -2.21. The van der Waals surface area contributed by atoms with Crippen LogP contribution in [0, 0.1) is 0 Å². The van der Waals surface area contributed by atoms with Gasteiger partial charge in [0.15, 0.2) is 0 Å². The quantitative estimate of drug-likeness (QED) is 0.771. The number of rotatable bonds is 0. The fourth-order valence-corrected chi connectivity index (χ4v) is 2.52. The van der Waals surface area contributed by atoms with Crippen LogP contribution in [0.25, 0.3) is 0 Å². The summed E-state index contributed by atoms with van der Waals surface area (Å²) in [4.78, 5) is 14.2. The number of nitrogens with one attached hydrogen (secondary N) is 1. The first-order valence-corrected chi connectivity index (χ1v) is 7.91. The van der Waals surface area contributed by atoms with E-state index in [0.29, 0.717) is 6.04 Å². The minimum absolute atomic E-state index is 0.193. The molecular weight excluding hydrogens is 248 g/mol. The molecule has 1 unspecified atom stereocenters. The fraction of sp³-hybridized carbons (Fsp3) is 0.588. The van der Waals surface area contributed by atoms with E-state index in [9.17, 15) is 4.79 Å². The maximum atomic E-state index is 12.2. The van der Waals surface area contributed by atoms with Gasteiger partial charge in [0.05, 0.1) is 5.56 Å². The lowest BCUT2D eigenvalue weighted by Crippen LogP contribution is -2.36. The molecule has 0 aromatic heterocycles. The molecule has 0 bridgehead atoms. The third-order valence-corrected chi connectivity index (χ3v) is 3.32. The highest BCUT2D eigenvalue weighted by Crippen LogP contribution is 2.27. The van der Waals surface area contributed by atoms with Gasteiger partial charge in [-0.25, -0.2) is 0 Å². The Hall–Kier alpha value is -1.51. The van der Waals surface area contributed by atoms with Gasteiger partial charge in [0.2, 0.25) is 0 Å². The van der Waals surface area contributed by atoms with Gasteiger partial charge >= 0.3 is 0 Å². The average Bonchev–Trinajstić information content (AvgIpc) is 2.91. The van der Waals surface area contributed by atoms with Crippen LogP contribution in [0.2, 0.25) is 0 Å². The van der Waals surface area contributed by atoms with Crippen molar-refractivity contribution in [3.8, 4) is 0 Å². The summed E-state index contributed by atoms with van der Waals surface area (Å²) < 4.78 is 0. The highest BCUT2D eigenvalue weighted by Gasteiger charge is 2.32. The van der Waals surface area contributed by atoms with Gasteiger partial charge in [0, 0.05) is 24.8 Å².